The van der Waals surface area contributed by atoms with Gasteiger partial charge in [-0.05, 0) is 22.6 Å². The minimum absolute atomic E-state index is 0.0930. The molecule has 6 nitrogen and oxygen atoms in total. The van der Waals surface area contributed by atoms with Crippen molar-refractivity contribution >= 4 is 28.4 Å². The fraction of sp³-hybridized carbons (Fsp3) is 0.300. The largest absolute Gasteiger partial charge is 0.346 e. The minimum Gasteiger partial charge on any atom is -0.346 e. The van der Waals surface area contributed by atoms with E-state index in [2.05, 4.69) is 24.4 Å². The number of halogens is 1. The van der Waals surface area contributed by atoms with E-state index in [1.54, 1.807) is 6.20 Å². The highest BCUT2D eigenvalue weighted by Gasteiger charge is 2.20. The van der Waals surface area contributed by atoms with Crippen LogP contribution in [-0.2, 0) is 13.1 Å². The van der Waals surface area contributed by atoms with Crippen molar-refractivity contribution in [1.82, 2.24) is 19.5 Å². The first kappa shape index (κ1) is 10.8. The van der Waals surface area contributed by atoms with Crippen molar-refractivity contribution < 1.29 is 0 Å². The predicted molar refractivity (Wildman–Crippen MR) is 70.9 cm³/mol. The lowest BCUT2D eigenvalue weighted by Crippen LogP contribution is -2.35. The van der Waals surface area contributed by atoms with Crippen molar-refractivity contribution in [2.45, 2.75) is 13.1 Å². The van der Waals surface area contributed by atoms with E-state index in [-0.39, 0.29) is 5.56 Å². The number of fused-ring (bicyclic) bond motifs is 1. The van der Waals surface area contributed by atoms with Gasteiger partial charge in [0.15, 0.2) is 0 Å². The van der Waals surface area contributed by atoms with Gasteiger partial charge in [0.05, 0.1) is 12.9 Å². The molecule has 88 valence electrons. The second kappa shape index (κ2) is 4.13. The fourth-order valence-corrected chi connectivity index (χ4v) is 2.58. The fourth-order valence-electron chi connectivity index (χ4n) is 1.95. The Balaban J connectivity index is 1.97. The number of nitrogens with zero attached hydrogens (tertiary/aromatic N) is 4. The van der Waals surface area contributed by atoms with Crippen LogP contribution >= 0.6 is 22.6 Å². The lowest BCUT2D eigenvalue weighted by atomic mass is 10.3. The molecule has 0 unspecified atom stereocenters. The second-order valence-corrected chi connectivity index (χ2v) is 4.91. The Bertz CT molecular complexity index is 605. The number of nitrogens with one attached hydrogen (secondary N) is 1. The van der Waals surface area contributed by atoms with Gasteiger partial charge in [-0.3, -0.25) is 4.79 Å². The molecule has 0 atom stereocenters. The summed E-state index contributed by atoms with van der Waals surface area (Å²) >= 11 is 2.03. The quantitative estimate of drug-likeness (QED) is 0.770. The maximum absolute atomic E-state index is 11.5. The summed E-state index contributed by atoms with van der Waals surface area (Å²) in [6.45, 7) is 2.41. The Kier molecular flexibility index (Phi) is 2.61. The second-order valence-electron chi connectivity index (χ2n) is 3.83. The third-order valence-electron chi connectivity index (χ3n) is 2.82. The SMILES string of the molecule is O=c1[nH]cnc(N2CCn3ccnc3C2)c1I. The Hall–Kier alpha value is -1.38. The lowest BCUT2D eigenvalue weighted by molar-refractivity contribution is 0.554. The van der Waals surface area contributed by atoms with Crippen molar-refractivity contribution in [2.24, 2.45) is 0 Å². The Labute approximate surface area is 111 Å². The van der Waals surface area contributed by atoms with E-state index in [1.165, 1.54) is 6.33 Å². The van der Waals surface area contributed by atoms with Gasteiger partial charge in [-0.15, -0.1) is 0 Å². The number of rotatable bonds is 1. The molecule has 2 aromatic rings. The summed E-state index contributed by atoms with van der Waals surface area (Å²) in [5, 5.41) is 0. The molecule has 1 aliphatic rings. The van der Waals surface area contributed by atoms with Crippen LogP contribution in [0.15, 0.2) is 23.5 Å². The van der Waals surface area contributed by atoms with Gasteiger partial charge in [0.2, 0.25) is 0 Å². The van der Waals surface area contributed by atoms with Gasteiger partial charge in [-0.2, -0.15) is 0 Å². The molecule has 0 amide bonds. The Morgan fingerprint density at radius 3 is 3.12 bits per heavy atom. The number of anilines is 1. The van der Waals surface area contributed by atoms with Gasteiger partial charge in [0, 0.05) is 25.5 Å². The van der Waals surface area contributed by atoms with E-state index in [0.717, 1.165) is 24.7 Å². The highest BCUT2D eigenvalue weighted by Crippen LogP contribution is 2.20. The molecular formula is C10H10IN5O. The number of aromatic amines is 1. The summed E-state index contributed by atoms with van der Waals surface area (Å²) in [5.74, 6) is 1.75. The zero-order chi connectivity index (χ0) is 11.8. The van der Waals surface area contributed by atoms with E-state index in [1.807, 2.05) is 28.8 Å². The molecule has 7 heteroatoms. The predicted octanol–water partition coefficient (Wildman–Crippen LogP) is 0.591. The standard InChI is InChI=1S/C10H10IN5O/c11-8-9(13-6-14-10(8)17)16-4-3-15-2-1-12-7(15)5-16/h1-2,6H,3-5H2,(H,13,14,17). The van der Waals surface area contributed by atoms with Crippen LogP contribution in [-0.4, -0.2) is 26.1 Å². The van der Waals surface area contributed by atoms with Crippen LogP contribution < -0.4 is 10.5 Å². The summed E-state index contributed by atoms with van der Waals surface area (Å²) in [5.41, 5.74) is -0.0930. The van der Waals surface area contributed by atoms with E-state index < -0.39 is 0 Å². The zero-order valence-corrected chi connectivity index (χ0v) is 11.1. The van der Waals surface area contributed by atoms with Gasteiger partial charge in [0.25, 0.3) is 5.56 Å². The summed E-state index contributed by atoms with van der Waals surface area (Å²) in [6, 6.07) is 0. The van der Waals surface area contributed by atoms with Crippen LogP contribution in [0.4, 0.5) is 5.82 Å². The smallest absolute Gasteiger partial charge is 0.266 e. The van der Waals surface area contributed by atoms with Gasteiger partial charge in [-0.25, -0.2) is 9.97 Å². The number of H-pyrrole nitrogens is 1. The molecule has 3 heterocycles. The van der Waals surface area contributed by atoms with Gasteiger partial charge < -0.3 is 14.5 Å². The summed E-state index contributed by atoms with van der Waals surface area (Å²) in [4.78, 5) is 24.7. The topological polar surface area (TPSA) is 66.8 Å². The van der Waals surface area contributed by atoms with Crippen molar-refractivity contribution in [3.63, 3.8) is 0 Å². The number of hydrogen-bond acceptors (Lipinski definition) is 4. The maximum Gasteiger partial charge on any atom is 0.266 e. The number of hydrogen-bond donors (Lipinski definition) is 1. The number of imidazole rings is 1. The normalized spacial score (nSPS) is 14.8. The van der Waals surface area contributed by atoms with Crippen LogP contribution in [0.2, 0.25) is 0 Å². The van der Waals surface area contributed by atoms with Gasteiger partial charge in [0.1, 0.15) is 15.2 Å². The molecule has 0 saturated heterocycles. The van der Waals surface area contributed by atoms with Crippen LogP contribution in [0.25, 0.3) is 0 Å². The first-order chi connectivity index (χ1) is 8.25. The third-order valence-corrected chi connectivity index (χ3v) is 3.79. The molecule has 0 aromatic carbocycles. The van der Waals surface area contributed by atoms with E-state index in [0.29, 0.717) is 10.1 Å². The molecule has 1 N–H and O–H groups in total. The van der Waals surface area contributed by atoms with Crippen LogP contribution in [0.1, 0.15) is 5.82 Å². The summed E-state index contributed by atoms with van der Waals surface area (Å²) < 4.78 is 2.75. The lowest BCUT2D eigenvalue weighted by Gasteiger charge is -2.28. The highest BCUT2D eigenvalue weighted by atomic mass is 127. The van der Waals surface area contributed by atoms with Crippen LogP contribution in [0, 0.1) is 3.57 Å². The molecular weight excluding hydrogens is 333 g/mol. The zero-order valence-electron chi connectivity index (χ0n) is 8.93. The van der Waals surface area contributed by atoms with Crippen molar-refractivity contribution in [2.75, 3.05) is 11.4 Å². The first-order valence-electron chi connectivity index (χ1n) is 5.24. The molecule has 1 aliphatic heterocycles. The van der Waals surface area contributed by atoms with E-state index in [9.17, 15) is 4.79 Å². The molecule has 0 fully saturated rings. The molecule has 0 radical (unpaired) electrons. The van der Waals surface area contributed by atoms with Gasteiger partial charge in [-0.1, -0.05) is 0 Å². The van der Waals surface area contributed by atoms with Crippen LogP contribution in [0.5, 0.6) is 0 Å². The molecule has 3 rings (SSSR count). The van der Waals surface area contributed by atoms with Crippen molar-refractivity contribution in [1.29, 1.82) is 0 Å². The number of aromatic nitrogens is 4. The Morgan fingerprint density at radius 1 is 1.35 bits per heavy atom. The third kappa shape index (κ3) is 1.84. The average Bonchev–Trinajstić information content (AvgIpc) is 2.79. The van der Waals surface area contributed by atoms with Crippen LogP contribution in [0.3, 0.4) is 0 Å². The molecule has 0 saturated carbocycles. The molecule has 0 spiro atoms. The minimum atomic E-state index is -0.0930. The van der Waals surface area contributed by atoms with Crippen molar-refractivity contribution in [3.05, 3.63) is 38.5 Å². The molecule has 2 aromatic heterocycles. The first-order valence-corrected chi connectivity index (χ1v) is 6.32. The average molecular weight is 343 g/mol. The summed E-state index contributed by atoms with van der Waals surface area (Å²) in [7, 11) is 0. The molecule has 17 heavy (non-hydrogen) atoms. The Morgan fingerprint density at radius 2 is 2.24 bits per heavy atom. The monoisotopic (exact) mass is 343 g/mol. The van der Waals surface area contributed by atoms with Gasteiger partial charge >= 0.3 is 0 Å². The summed E-state index contributed by atoms with van der Waals surface area (Å²) in [6.07, 6.45) is 5.22. The van der Waals surface area contributed by atoms with Crippen molar-refractivity contribution in [3.8, 4) is 0 Å². The van der Waals surface area contributed by atoms with E-state index >= 15 is 0 Å². The van der Waals surface area contributed by atoms with E-state index in [4.69, 9.17) is 0 Å². The maximum atomic E-state index is 11.5. The molecule has 0 bridgehead atoms. The highest BCUT2D eigenvalue weighted by molar-refractivity contribution is 14.1. The molecule has 0 aliphatic carbocycles.